The van der Waals surface area contributed by atoms with Crippen molar-refractivity contribution >= 4 is 11.9 Å². The van der Waals surface area contributed by atoms with Gasteiger partial charge in [-0.25, -0.2) is 4.39 Å². The van der Waals surface area contributed by atoms with Crippen LogP contribution in [0.25, 0.3) is 6.08 Å². The highest BCUT2D eigenvalue weighted by Crippen LogP contribution is 2.14. The van der Waals surface area contributed by atoms with E-state index in [9.17, 15) is 9.18 Å². The Labute approximate surface area is 128 Å². The van der Waals surface area contributed by atoms with Crippen LogP contribution in [0.1, 0.15) is 22.3 Å². The van der Waals surface area contributed by atoms with E-state index >= 15 is 0 Å². The Balaban J connectivity index is 1.95. The average molecular weight is 300 g/mol. The van der Waals surface area contributed by atoms with Gasteiger partial charge in [0, 0.05) is 18.6 Å². The van der Waals surface area contributed by atoms with Crippen molar-refractivity contribution < 1.29 is 19.0 Å². The fraction of sp³-hybridized carbons (Fsp3) is 0.167. The van der Waals surface area contributed by atoms with E-state index in [0.29, 0.717) is 18.6 Å². The second kappa shape index (κ2) is 8.10. The van der Waals surface area contributed by atoms with Crippen molar-refractivity contribution in [3.63, 3.8) is 0 Å². The van der Waals surface area contributed by atoms with E-state index in [1.165, 1.54) is 30.3 Å². The predicted octanol–water partition coefficient (Wildman–Crippen LogP) is 3.48. The molecule has 2 rings (SSSR count). The lowest BCUT2D eigenvalue weighted by Crippen LogP contribution is -1.99. The van der Waals surface area contributed by atoms with E-state index < -0.39 is 0 Å². The van der Waals surface area contributed by atoms with Crippen LogP contribution in [-0.2, 0) is 0 Å². The fourth-order valence-corrected chi connectivity index (χ4v) is 1.81. The maximum absolute atomic E-state index is 12.8. The zero-order chi connectivity index (χ0) is 15.8. The number of hydrogen-bond donors (Lipinski definition) is 1. The molecule has 0 bridgehead atoms. The van der Waals surface area contributed by atoms with E-state index in [4.69, 9.17) is 9.84 Å². The Bertz CT molecular complexity index is 630. The number of halogens is 1. The Kier molecular flexibility index (Phi) is 5.86. The molecule has 2 aromatic carbocycles. The van der Waals surface area contributed by atoms with Crippen LogP contribution in [0, 0.1) is 5.82 Å². The second-order valence-corrected chi connectivity index (χ2v) is 4.70. The molecule has 0 amide bonds. The lowest BCUT2D eigenvalue weighted by molar-refractivity contribution is 0.104. The predicted molar refractivity (Wildman–Crippen MR) is 83.4 cm³/mol. The Hall–Kier alpha value is -2.46. The molecule has 4 heteroatoms. The molecule has 0 aliphatic rings. The van der Waals surface area contributed by atoms with Gasteiger partial charge in [-0.05, 0) is 48.0 Å². The molecule has 1 N–H and O–H groups in total. The van der Waals surface area contributed by atoms with Gasteiger partial charge in [0.15, 0.2) is 5.78 Å². The number of ketones is 1. The molecule has 0 aliphatic carbocycles. The maximum Gasteiger partial charge on any atom is 0.185 e. The Morgan fingerprint density at radius 1 is 1.09 bits per heavy atom. The standard InChI is InChI=1S/C18H17FO3/c19-16-7-5-15(6-8-16)18(21)11-4-14-2-9-17(10-3-14)22-13-1-12-20/h2-11,20H,1,12-13H2. The number of ether oxygens (including phenoxy) is 1. The van der Waals surface area contributed by atoms with Gasteiger partial charge in [0.2, 0.25) is 0 Å². The van der Waals surface area contributed by atoms with Crippen molar-refractivity contribution in [2.45, 2.75) is 6.42 Å². The lowest BCUT2D eigenvalue weighted by Gasteiger charge is -2.04. The molecule has 0 aromatic heterocycles. The maximum atomic E-state index is 12.8. The number of carbonyl (C=O) groups excluding carboxylic acids is 1. The van der Waals surface area contributed by atoms with Crippen LogP contribution in [0.2, 0.25) is 0 Å². The van der Waals surface area contributed by atoms with Crippen molar-refractivity contribution in [3.8, 4) is 5.75 Å². The quantitative estimate of drug-likeness (QED) is 0.484. The highest BCUT2D eigenvalue weighted by Gasteiger charge is 2.01. The zero-order valence-electron chi connectivity index (χ0n) is 12.0. The fourth-order valence-electron chi connectivity index (χ4n) is 1.81. The summed E-state index contributed by atoms with van der Waals surface area (Å²) in [6, 6.07) is 12.7. The van der Waals surface area contributed by atoms with Gasteiger partial charge in [-0.15, -0.1) is 0 Å². The van der Waals surface area contributed by atoms with Crippen LogP contribution in [0.15, 0.2) is 54.6 Å². The minimum Gasteiger partial charge on any atom is -0.494 e. The smallest absolute Gasteiger partial charge is 0.185 e. The Morgan fingerprint density at radius 2 is 1.77 bits per heavy atom. The lowest BCUT2D eigenvalue weighted by atomic mass is 10.1. The molecule has 22 heavy (non-hydrogen) atoms. The summed E-state index contributed by atoms with van der Waals surface area (Å²) in [4.78, 5) is 11.9. The third kappa shape index (κ3) is 4.82. The molecule has 0 fully saturated rings. The van der Waals surface area contributed by atoms with Crippen molar-refractivity contribution in [1.29, 1.82) is 0 Å². The van der Waals surface area contributed by atoms with E-state index in [1.807, 2.05) is 12.1 Å². The summed E-state index contributed by atoms with van der Waals surface area (Å²) in [5, 5.41) is 8.68. The summed E-state index contributed by atoms with van der Waals surface area (Å²) >= 11 is 0. The number of rotatable bonds is 7. The van der Waals surface area contributed by atoms with Crippen LogP contribution in [0.4, 0.5) is 4.39 Å². The summed E-state index contributed by atoms with van der Waals surface area (Å²) < 4.78 is 18.2. The molecular formula is C18H17FO3. The van der Waals surface area contributed by atoms with Crippen LogP contribution in [0.3, 0.4) is 0 Å². The first-order chi connectivity index (χ1) is 10.7. The zero-order valence-corrected chi connectivity index (χ0v) is 12.0. The topological polar surface area (TPSA) is 46.5 Å². The average Bonchev–Trinajstić information content (AvgIpc) is 2.55. The van der Waals surface area contributed by atoms with Gasteiger partial charge in [0.25, 0.3) is 0 Å². The van der Waals surface area contributed by atoms with E-state index in [-0.39, 0.29) is 18.2 Å². The molecule has 0 heterocycles. The van der Waals surface area contributed by atoms with Crippen molar-refractivity contribution in [2.24, 2.45) is 0 Å². The van der Waals surface area contributed by atoms with Gasteiger partial charge in [-0.2, -0.15) is 0 Å². The van der Waals surface area contributed by atoms with E-state index in [2.05, 4.69) is 0 Å². The van der Waals surface area contributed by atoms with Crippen LogP contribution in [0.5, 0.6) is 5.75 Å². The van der Waals surface area contributed by atoms with Crippen molar-refractivity contribution in [3.05, 3.63) is 71.6 Å². The first-order valence-corrected chi connectivity index (χ1v) is 7.01. The molecule has 2 aromatic rings. The minimum atomic E-state index is -0.364. The van der Waals surface area contributed by atoms with Crippen LogP contribution in [-0.4, -0.2) is 24.1 Å². The van der Waals surface area contributed by atoms with Crippen LogP contribution >= 0.6 is 0 Å². The molecule has 0 atom stereocenters. The number of aliphatic hydroxyl groups excluding tert-OH is 1. The first-order valence-electron chi connectivity index (χ1n) is 7.01. The molecule has 0 aliphatic heterocycles. The minimum absolute atomic E-state index is 0.103. The highest BCUT2D eigenvalue weighted by atomic mass is 19.1. The molecule has 114 valence electrons. The largest absolute Gasteiger partial charge is 0.494 e. The third-order valence-electron chi connectivity index (χ3n) is 3.01. The van der Waals surface area contributed by atoms with Gasteiger partial charge < -0.3 is 9.84 Å². The summed E-state index contributed by atoms with van der Waals surface area (Å²) in [5.41, 5.74) is 1.31. The number of allylic oxidation sites excluding steroid dienone is 1. The normalized spacial score (nSPS) is 10.8. The number of aliphatic hydroxyl groups is 1. The van der Waals surface area contributed by atoms with E-state index in [1.54, 1.807) is 18.2 Å². The van der Waals surface area contributed by atoms with Gasteiger partial charge in [0.1, 0.15) is 11.6 Å². The summed E-state index contributed by atoms with van der Waals surface area (Å²) in [5.74, 6) is 0.177. The highest BCUT2D eigenvalue weighted by molar-refractivity contribution is 6.06. The summed E-state index contributed by atoms with van der Waals surface area (Å²) in [6.07, 6.45) is 3.74. The summed E-state index contributed by atoms with van der Waals surface area (Å²) in [7, 11) is 0. The number of carbonyl (C=O) groups is 1. The number of benzene rings is 2. The Morgan fingerprint density at radius 3 is 2.41 bits per heavy atom. The first kappa shape index (κ1) is 15.9. The number of hydrogen-bond acceptors (Lipinski definition) is 3. The van der Waals surface area contributed by atoms with Gasteiger partial charge >= 0.3 is 0 Å². The molecule has 0 radical (unpaired) electrons. The van der Waals surface area contributed by atoms with Crippen molar-refractivity contribution in [2.75, 3.05) is 13.2 Å². The van der Waals surface area contributed by atoms with Gasteiger partial charge in [-0.3, -0.25) is 4.79 Å². The van der Waals surface area contributed by atoms with Gasteiger partial charge in [-0.1, -0.05) is 18.2 Å². The molecule has 0 saturated heterocycles. The van der Waals surface area contributed by atoms with Gasteiger partial charge in [0.05, 0.1) is 6.61 Å². The van der Waals surface area contributed by atoms with E-state index in [0.717, 1.165) is 11.3 Å². The second-order valence-electron chi connectivity index (χ2n) is 4.70. The SMILES string of the molecule is O=C(C=Cc1ccc(OCCCO)cc1)c1ccc(F)cc1. The summed E-state index contributed by atoms with van der Waals surface area (Å²) in [6.45, 7) is 0.570. The molecule has 0 spiro atoms. The molecule has 3 nitrogen and oxygen atoms in total. The monoisotopic (exact) mass is 300 g/mol. The van der Waals surface area contributed by atoms with Crippen molar-refractivity contribution in [1.82, 2.24) is 0 Å². The molecular weight excluding hydrogens is 283 g/mol. The molecule has 0 unspecified atom stereocenters. The third-order valence-corrected chi connectivity index (χ3v) is 3.01. The molecule has 0 saturated carbocycles. The van der Waals surface area contributed by atoms with Crippen LogP contribution < -0.4 is 4.74 Å².